The molecular formula is C31H28FN7O2. The normalized spacial score (nSPS) is 16.5. The number of pyridine rings is 1. The first-order chi connectivity index (χ1) is 20.0. The van der Waals surface area contributed by atoms with E-state index in [0.29, 0.717) is 46.7 Å². The fourth-order valence-corrected chi connectivity index (χ4v) is 5.53. The van der Waals surface area contributed by atoms with Crippen molar-refractivity contribution in [1.29, 1.82) is 5.26 Å². The quantitative estimate of drug-likeness (QED) is 0.349. The van der Waals surface area contributed by atoms with Crippen LogP contribution in [0.4, 0.5) is 10.2 Å². The van der Waals surface area contributed by atoms with Gasteiger partial charge in [0.05, 0.1) is 31.4 Å². The van der Waals surface area contributed by atoms with Crippen molar-refractivity contribution >= 4 is 11.7 Å². The van der Waals surface area contributed by atoms with Gasteiger partial charge in [0.1, 0.15) is 18.0 Å². The van der Waals surface area contributed by atoms with E-state index in [1.165, 1.54) is 6.07 Å². The zero-order chi connectivity index (χ0) is 28.1. The van der Waals surface area contributed by atoms with Gasteiger partial charge in [0, 0.05) is 54.4 Å². The topological polar surface area (TPSA) is 109 Å². The number of benzene rings is 2. The lowest BCUT2D eigenvalue weighted by Crippen LogP contribution is -2.36. The predicted octanol–water partition coefficient (Wildman–Crippen LogP) is 4.33. The molecule has 1 amide bonds. The molecule has 0 unspecified atom stereocenters. The molecule has 2 aliphatic heterocycles. The number of anilines is 1. The molecule has 1 aliphatic carbocycles. The van der Waals surface area contributed by atoms with Gasteiger partial charge in [-0.15, -0.1) is 10.2 Å². The average Bonchev–Trinajstić information content (AvgIpc) is 3.64. The van der Waals surface area contributed by atoms with Crippen molar-refractivity contribution in [2.24, 2.45) is 13.0 Å². The number of fused-ring (bicyclic) bond motifs is 1. The Bertz CT molecular complexity index is 1720. The van der Waals surface area contributed by atoms with Gasteiger partial charge in [0.2, 0.25) is 0 Å². The second kappa shape index (κ2) is 10.2. The van der Waals surface area contributed by atoms with E-state index in [0.717, 1.165) is 60.5 Å². The number of nitrogens with one attached hydrogen (secondary N) is 1. The third-order valence-corrected chi connectivity index (χ3v) is 8.03. The smallest absolute Gasteiger partial charge is 0.260 e. The summed E-state index contributed by atoms with van der Waals surface area (Å²) in [5.41, 5.74) is 5.39. The van der Waals surface area contributed by atoms with Crippen molar-refractivity contribution in [3.8, 4) is 28.6 Å². The summed E-state index contributed by atoms with van der Waals surface area (Å²) in [7, 11) is 1.85. The Hall–Kier alpha value is -4.46. The van der Waals surface area contributed by atoms with E-state index >= 15 is 4.39 Å². The van der Waals surface area contributed by atoms with Gasteiger partial charge in [-0.2, -0.15) is 5.26 Å². The maximum atomic E-state index is 15.3. The van der Waals surface area contributed by atoms with E-state index in [2.05, 4.69) is 21.6 Å². The summed E-state index contributed by atoms with van der Waals surface area (Å²) in [6.07, 6.45) is 3.68. The molecule has 4 aromatic rings. The molecule has 1 saturated heterocycles. The monoisotopic (exact) mass is 549 g/mol. The van der Waals surface area contributed by atoms with Crippen LogP contribution in [0.5, 0.6) is 0 Å². The highest BCUT2D eigenvalue weighted by Crippen LogP contribution is 2.43. The molecule has 41 heavy (non-hydrogen) atoms. The Morgan fingerprint density at radius 1 is 1.12 bits per heavy atom. The highest BCUT2D eigenvalue weighted by molar-refractivity contribution is 6.10. The zero-order valence-corrected chi connectivity index (χ0v) is 22.6. The number of carbonyl (C=O) groups is 1. The highest BCUT2D eigenvalue weighted by Gasteiger charge is 2.34. The first-order valence-corrected chi connectivity index (χ1v) is 13.8. The van der Waals surface area contributed by atoms with Gasteiger partial charge >= 0.3 is 0 Å². The molecule has 1 N–H and O–H groups in total. The van der Waals surface area contributed by atoms with Crippen LogP contribution >= 0.6 is 0 Å². The number of carbonyl (C=O) groups excluding carboxylic acids is 1. The highest BCUT2D eigenvalue weighted by atomic mass is 19.1. The maximum Gasteiger partial charge on any atom is 0.260 e. The average molecular weight is 550 g/mol. The van der Waals surface area contributed by atoms with E-state index < -0.39 is 0 Å². The number of nitrogens with zero attached hydrogens (tertiary/aromatic N) is 6. The molecule has 1 saturated carbocycles. The molecule has 0 bridgehead atoms. The first-order valence-electron chi connectivity index (χ1n) is 13.8. The van der Waals surface area contributed by atoms with Gasteiger partial charge in [-0.1, -0.05) is 6.07 Å². The van der Waals surface area contributed by atoms with Crippen LogP contribution in [0.25, 0.3) is 22.5 Å². The van der Waals surface area contributed by atoms with Crippen LogP contribution in [0.15, 0.2) is 48.8 Å². The van der Waals surface area contributed by atoms with Crippen LogP contribution in [0.1, 0.15) is 51.5 Å². The number of hydrogen-bond donors (Lipinski definition) is 1. The minimum atomic E-state index is -0.377. The van der Waals surface area contributed by atoms with E-state index in [4.69, 9.17) is 9.72 Å². The van der Waals surface area contributed by atoms with Crippen LogP contribution in [0, 0.1) is 23.1 Å². The predicted molar refractivity (Wildman–Crippen MR) is 149 cm³/mol. The lowest BCUT2D eigenvalue weighted by atomic mass is 9.96. The number of aryl methyl sites for hydroxylation is 1. The minimum absolute atomic E-state index is 0.122. The Labute approximate surface area is 236 Å². The lowest BCUT2D eigenvalue weighted by Gasteiger charge is -2.26. The maximum absolute atomic E-state index is 15.3. The van der Waals surface area contributed by atoms with E-state index in [-0.39, 0.29) is 18.3 Å². The summed E-state index contributed by atoms with van der Waals surface area (Å²) in [5, 5.41) is 21.2. The number of halogens is 1. The molecule has 2 fully saturated rings. The van der Waals surface area contributed by atoms with Crippen molar-refractivity contribution in [3.63, 3.8) is 0 Å². The van der Waals surface area contributed by atoms with Gasteiger partial charge in [-0.25, -0.2) is 9.37 Å². The zero-order valence-electron chi connectivity index (χ0n) is 22.6. The number of hydrogen-bond acceptors (Lipinski definition) is 7. The Balaban J connectivity index is 1.24. The lowest BCUT2D eigenvalue weighted by molar-refractivity contribution is -0.0307. The van der Waals surface area contributed by atoms with Crippen LogP contribution in [-0.2, 0) is 24.9 Å². The molecule has 0 spiro atoms. The standard InChI is InChI=1S/C31H28FN7O2/c1-38-17-35-37-30(38)24-6-18(11-33)2-5-23(24)22-9-28(21-3-4-21)36-29(10-22)39-14-26-25(31(39)40)7-19(8-27(26)32)12-34-13-20-15-41-16-20/h2,5-10,17,20-21,34H,3-4,12-16H2,1H3. The second-order valence-corrected chi connectivity index (χ2v) is 11.1. The molecule has 3 aliphatic rings. The van der Waals surface area contributed by atoms with Gasteiger partial charge in [0.15, 0.2) is 5.82 Å². The van der Waals surface area contributed by atoms with Crippen LogP contribution < -0.4 is 10.2 Å². The third-order valence-electron chi connectivity index (χ3n) is 8.03. The number of nitriles is 1. The summed E-state index contributed by atoms with van der Waals surface area (Å²) in [4.78, 5) is 20.1. The number of amides is 1. The van der Waals surface area contributed by atoms with Crippen LogP contribution in [0.3, 0.4) is 0 Å². The van der Waals surface area contributed by atoms with Crippen molar-refractivity contribution < 1.29 is 13.9 Å². The Morgan fingerprint density at radius 3 is 2.68 bits per heavy atom. The molecule has 9 nitrogen and oxygen atoms in total. The molecule has 7 rings (SSSR count). The fraction of sp³-hybridized carbons (Fsp3) is 0.323. The summed E-state index contributed by atoms with van der Waals surface area (Å²) < 4.78 is 22.3. The van der Waals surface area contributed by atoms with Gasteiger partial charge in [0.25, 0.3) is 5.91 Å². The molecule has 2 aromatic heterocycles. The van der Waals surface area contributed by atoms with Crippen molar-refractivity contribution in [2.45, 2.75) is 31.8 Å². The Kier molecular flexibility index (Phi) is 6.33. The fourth-order valence-electron chi connectivity index (χ4n) is 5.53. The van der Waals surface area contributed by atoms with Crippen molar-refractivity contribution in [1.82, 2.24) is 25.1 Å². The molecule has 2 aromatic carbocycles. The minimum Gasteiger partial charge on any atom is -0.381 e. The summed E-state index contributed by atoms with van der Waals surface area (Å²) in [6.45, 7) is 2.90. The van der Waals surface area contributed by atoms with Crippen LogP contribution in [0.2, 0.25) is 0 Å². The van der Waals surface area contributed by atoms with E-state index in [1.807, 2.05) is 25.2 Å². The summed E-state index contributed by atoms with van der Waals surface area (Å²) in [6, 6.07) is 14.9. The number of ether oxygens (including phenoxy) is 1. The molecule has 4 heterocycles. The molecule has 206 valence electrons. The van der Waals surface area contributed by atoms with Crippen LogP contribution in [-0.4, -0.2) is 45.4 Å². The van der Waals surface area contributed by atoms with Gasteiger partial charge < -0.3 is 14.6 Å². The summed E-state index contributed by atoms with van der Waals surface area (Å²) in [5.74, 6) is 1.28. The largest absolute Gasteiger partial charge is 0.381 e. The third kappa shape index (κ3) is 4.77. The molecule has 0 atom stereocenters. The SMILES string of the molecule is Cn1cnnc1-c1cc(C#N)ccc1-c1cc(C2CC2)nc(N2Cc3c(F)cc(CNCC4COC4)cc3C2=O)c1. The number of rotatable bonds is 8. The first kappa shape index (κ1) is 25.5. The van der Waals surface area contributed by atoms with Gasteiger partial charge in [-0.05, 0) is 65.9 Å². The summed E-state index contributed by atoms with van der Waals surface area (Å²) >= 11 is 0. The van der Waals surface area contributed by atoms with Gasteiger partial charge in [-0.3, -0.25) is 9.69 Å². The van der Waals surface area contributed by atoms with E-state index in [1.54, 1.807) is 34.0 Å². The molecule has 10 heteroatoms. The van der Waals surface area contributed by atoms with E-state index in [9.17, 15) is 10.1 Å². The number of aromatic nitrogens is 4. The second-order valence-electron chi connectivity index (χ2n) is 11.1. The Morgan fingerprint density at radius 2 is 1.98 bits per heavy atom. The molecular weight excluding hydrogens is 521 g/mol. The molecule has 0 radical (unpaired) electrons. The van der Waals surface area contributed by atoms with Crippen molar-refractivity contribution in [3.05, 3.63) is 82.6 Å². The van der Waals surface area contributed by atoms with Crippen molar-refractivity contribution in [2.75, 3.05) is 24.7 Å².